The molecule has 0 bridgehead atoms. The second kappa shape index (κ2) is 6.83. The second-order valence-corrected chi connectivity index (χ2v) is 5.83. The number of carbonyl (C=O) groups excluding carboxylic acids is 1. The zero-order chi connectivity index (χ0) is 17.1. The first-order chi connectivity index (χ1) is 11.6. The first-order valence-corrected chi connectivity index (χ1v) is 8.08. The van der Waals surface area contributed by atoms with Crippen LogP contribution >= 0.6 is 0 Å². The maximum atomic E-state index is 12.9. The molecule has 0 spiro atoms. The zero-order valence-electron chi connectivity index (χ0n) is 13.8. The van der Waals surface area contributed by atoms with Gasteiger partial charge in [0.2, 0.25) is 0 Å². The van der Waals surface area contributed by atoms with E-state index in [9.17, 15) is 9.18 Å². The number of hydrogen-bond acceptors (Lipinski definition) is 2. The van der Waals surface area contributed by atoms with Gasteiger partial charge in [0.25, 0.3) is 5.91 Å². The largest absolute Gasteiger partial charge is 0.350 e. The molecule has 1 N–H and O–H groups in total. The van der Waals surface area contributed by atoms with Gasteiger partial charge in [-0.15, -0.1) is 0 Å². The van der Waals surface area contributed by atoms with E-state index in [2.05, 4.69) is 10.3 Å². The van der Waals surface area contributed by atoms with Crippen LogP contribution < -0.4 is 5.32 Å². The van der Waals surface area contributed by atoms with Crippen molar-refractivity contribution in [1.82, 2.24) is 14.7 Å². The molecule has 3 rings (SSSR count). The molecule has 0 aliphatic heterocycles. The number of aryl methyl sites for hydroxylation is 2. The number of carbonyl (C=O) groups is 1. The van der Waals surface area contributed by atoms with Crippen LogP contribution in [0.5, 0.6) is 0 Å². The number of hydrogen-bond donors (Lipinski definition) is 1. The molecule has 4 nitrogen and oxygen atoms in total. The molecule has 2 aromatic heterocycles. The van der Waals surface area contributed by atoms with E-state index in [-0.39, 0.29) is 11.7 Å². The molecule has 2 heterocycles. The van der Waals surface area contributed by atoms with Gasteiger partial charge in [0.05, 0.1) is 5.69 Å². The lowest BCUT2D eigenvalue weighted by molar-refractivity contribution is 0.0947. The van der Waals surface area contributed by atoms with Crippen LogP contribution in [0.2, 0.25) is 0 Å². The summed E-state index contributed by atoms with van der Waals surface area (Å²) in [5.41, 5.74) is 4.27. The van der Waals surface area contributed by atoms with Crippen molar-refractivity contribution in [2.45, 2.75) is 26.7 Å². The van der Waals surface area contributed by atoms with Crippen molar-refractivity contribution in [3.63, 3.8) is 0 Å². The molecule has 0 unspecified atom stereocenters. The molecule has 1 aromatic carbocycles. The van der Waals surface area contributed by atoms with Gasteiger partial charge < -0.3 is 5.32 Å². The van der Waals surface area contributed by atoms with Crippen LogP contribution in [-0.4, -0.2) is 21.8 Å². The Balaban J connectivity index is 1.74. The van der Waals surface area contributed by atoms with Crippen LogP contribution in [0.15, 0.2) is 42.6 Å². The minimum Gasteiger partial charge on any atom is -0.350 e. The van der Waals surface area contributed by atoms with Gasteiger partial charge in [-0.05, 0) is 55.2 Å². The molecular formula is C19H20FN3O. The fourth-order valence-electron chi connectivity index (χ4n) is 2.74. The Hall–Kier alpha value is -2.69. The number of amides is 1. The molecule has 0 aliphatic carbocycles. The van der Waals surface area contributed by atoms with Crippen molar-refractivity contribution in [2.75, 3.05) is 6.54 Å². The highest BCUT2D eigenvalue weighted by molar-refractivity contribution is 5.94. The molecule has 0 saturated carbocycles. The standard InChI is InChI=1S/C19H20FN3O/c1-3-16-18(23-11-9-13(2)12-17(23)22-16)19(24)21-10-8-14-4-6-15(20)7-5-14/h4-7,9,11-12H,3,8,10H2,1-2H3,(H,21,24). The minimum absolute atomic E-state index is 0.134. The van der Waals surface area contributed by atoms with E-state index in [1.165, 1.54) is 12.1 Å². The summed E-state index contributed by atoms with van der Waals surface area (Å²) in [6, 6.07) is 10.3. The summed E-state index contributed by atoms with van der Waals surface area (Å²) in [5, 5.41) is 2.94. The summed E-state index contributed by atoms with van der Waals surface area (Å²) < 4.78 is 14.7. The molecule has 3 aromatic rings. The third-order valence-electron chi connectivity index (χ3n) is 4.02. The second-order valence-electron chi connectivity index (χ2n) is 5.83. The maximum absolute atomic E-state index is 12.9. The summed E-state index contributed by atoms with van der Waals surface area (Å²) in [6.07, 6.45) is 3.23. The summed E-state index contributed by atoms with van der Waals surface area (Å²) in [4.78, 5) is 17.1. The smallest absolute Gasteiger partial charge is 0.270 e. The first kappa shape index (κ1) is 16.2. The lowest BCUT2D eigenvalue weighted by Crippen LogP contribution is -2.27. The Bertz CT molecular complexity index is 868. The fourth-order valence-corrected chi connectivity index (χ4v) is 2.74. The van der Waals surface area contributed by atoms with Gasteiger partial charge in [-0.2, -0.15) is 0 Å². The van der Waals surface area contributed by atoms with Crippen molar-refractivity contribution in [3.05, 3.63) is 70.9 Å². The average Bonchev–Trinajstić information content (AvgIpc) is 2.94. The van der Waals surface area contributed by atoms with Crippen molar-refractivity contribution >= 4 is 11.6 Å². The van der Waals surface area contributed by atoms with Crippen LogP contribution in [0.4, 0.5) is 4.39 Å². The zero-order valence-corrected chi connectivity index (χ0v) is 13.8. The molecule has 0 saturated heterocycles. The number of nitrogens with one attached hydrogen (secondary N) is 1. The fraction of sp³-hybridized carbons (Fsp3) is 0.263. The van der Waals surface area contributed by atoms with Crippen molar-refractivity contribution in [1.29, 1.82) is 0 Å². The molecule has 0 aliphatic rings. The highest BCUT2D eigenvalue weighted by atomic mass is 19.1. The van der Waals surface area contributed by atoms with Gasteiger partial charge in [-0.25, -0.2) is 9.37 Å². The maximum Gasteiger partial charge on any atom is 0.270 e. The number of nitrogens with zero attached hydrogens (tertiary/aromatic N) is 2. The number of pyridine rings is 1. The van der Waals surface area contributed by atoms with Crippen LogP contribution in [0.3, 0.4) is 0 Å². The van der Waals surface area contributed by atoms with Crippen LogP contribution in [0.1, 0.15) is 34.2 Å². The Labute approximate surface area is 140 Å². The molecule has 0 radical (unpaired) electrons. The quantitative estimate of drug-likeness (QED) is 0.782. The van der Waals surface area contributed by atoms with Crippen LogP contribution in [-0.2, 0) is 12.8 Å². The van der Waals surface area contributed by atoms with E-state index in [4.69, 9.17) is 0 Å². The highest BCUT2D eigenvalue weighted by Crippen LogP contribution is 2.15. The Morgan fingerprint density at radius 2 is 2.00 bits per heavy atom. The highest BCUT2D eigenvalue weighted by Gasteiger charge is 2.17. The molecular weight excluding hydrogens is 305 g/mol. The van der Waals surface area contributed by atoms with E-state index < -0.39 is 0 Å². The summed E-state index contributed by atoms with van der Waals surface area (Å²) in [6.45, 7) is 4.49. The lowest BCUT2D eigenvalue weighted by atomic mass is 10.1. The van der Waals surface area contributed by atoms with Gasteiger partial charge in [0.15, 0.2) is 0 Å². The SMILES string of the molecule is CCc1nc2cc(C)ccn2c1C(=O)NCCc1ccc(F)cc1. The van der Waals surface area contributed by atoms with Gasteiger partial charge in [-0.1, -0.05) is 19.1 Å². The summed E-state index contributed by atoms with van der Waals surface area (Å²) in [5.74, 6) is -0.387. The van der Waals surface area contributed by atoms with Gasteiger partial charge in [-0.3, -0.25) is 9.20 Å². The third kappa shape index (κ3) is 3.30. The van der Waals surface area contributed by atoms with Gasteiger partial charge >= 0.3 is 0 Å². The minimum atomic E-state index is -0.253. The third-order valence-corrected chi connectivity index (χ3v) is 4.02. The van der Waals surface area contributed by atoms with Crippen LogP contribution in [0.25, 0.3) is 5.65 Å². The normalized spacial score (nSPS) is 11.0. The summed E-state index contributed by atoms with van der Waals surface area (Å²) >= 11 is 0. The van der Waals surface area contributed by atoms with E-state index in [1.807, 2.05) is 36.6 Å². The van der Waals surface area contributed by atoms with Crippen molar-refractivity contribution in [3.8, 4) is 0 Å². The van der Waals surface area contributed by atoms with Crippen molar-refractivity contribution < 1.29 is 9.18 Å². The van der Waals surface area contributed by atoms with E-state index >= 15 is 0 Å². The van der Waals surface area contributed by atoms with E-state index in [0.717, 1.165) is 22.5 Å². The van der Waals surface area contributed by atoms with Crippen molar-refractivity contribution in [2.24, 2.45) is 0 Å². The van der Waals surface area contributed by atoms with Gasteiger partial charge in [0, 0.05) is 12.7 Å². The predicted molar refractivity (Wildman–Crippen MR) is 91.7 cm³/mol. The molecule has 0 atom stereocenters. The number of aromatic nitrogens is 2. The van der Waals surface area contributed by atoms with Crippen LogP contribution in [0, 0.1) is 12.7 Å². The number of imidazole rings is 1. The molecule has 0 fully saturated rings. The van der Waals surface area contributed by atoms with E-state index in [1.54, 1.807) is 12.1 Å². The summed E-state index contributed by atoms with van der Waals surface area (Å²) in [7, 11) is 0. The monoisotopic (exact) mass is 325 g/mol. The molecule has 124 valence electrons. The Morgan fingerprint density at radius 1 is 1.25 bits per heavy atom. The van der Waals surface area contributed by atoms with Gasteiger partial charge in [0.1, 0.15) is 17.2 Å². The Morgan fingerprint density at radius 3 is 2.71 bits per heavy atom. The first-order valence-electron chi connectivity index (χ1n) is 8.08. The molecule has 5 heteroatoms. The number of rotatable bonds is 5. The topological polar surface area (TPSA) is 46.4 Å². The van der Waals surface area contributed by atoms with E-state index in [0.29, 0.717) is 25.1 Å². The predicted octanol–water partition coefficient (Wildman–Crippen LogP) is 3.32. The molecule has 24 heavy (non-hydrogen) atoms. The number of halogens is 1. The Kier molecular flexibility index (Phi) is 4.60. The lowest BCUT2D eigenvalue weighted by Gasteiger charge is -2.07. The number of benzene rings is 1. The number of fused-ring (bicyclic) bond motifs is 1. The molecule has 1 amide bonds. The average molecular weight is 325 g/mol.